The average Bonchev–Trinajstić information content (AvgIpc) is 3.23. The number of ether oxygens (including phenoxy) is 1. The number of rotatable bonds is 3. The number of nitrogens with one attached hydrogen (secondary N) is 1. The molecule has 0 aliphatic heterocycles. The van der Waals surface area contributed by atoms with E-state index in [1.165, 1.54) is 0 Å². The fourth-order valence-electron chi connectivity index (χ4n) is 2.28. The Morgan fingerprint density at radius 2 is 2.09 bits per heavy atom. The minimum atomic E-state index is 0.447. The van der Waals surface area contributed by atoms with E-state index >= 15 is 0 Å². The van der Waals surface area contributed by atoms with Crippen LogP contribution in [0.5, 0.6) is 5.75 Å². The van der Waals surface area contributed by atoms with Crippen LogP contribution in [0.25, 0.3) is 33.9 Å². The molecule has 0 saturated carbocycles. The van der Waals surface area contributed by atoms with Gasteiger partial charge < -0.3 is 14.2 Å². The molecule has 4 rings (SSSR count). The topological polar surface area (TPSA) is 76.8 Å². The molecule has 3 heterocycles. The summed E-state index contributed by atoms with van der Waals surface area (Å²) in [5.74, 6) is 1.70. The van der Waals surface area contributed by atoms with Crippen LogP contribution in [-0.2, 0) is 0 Å². The van der Waals surface area contributed by atoms with Gasteiger partial charge in [0.1, 0.15) is 11.4 Å². The highest BCUT2D eigenvalue weighted by atomic mass is 16.5. The van der Waals surface area contributed by atoms with Gasteiger partial charge in [-0.15, -0.1) is 0 Å². The molecule has 0 aliphatic rings. The van der Waals surface area contributed by atoms with Crippen molar-refractivity contribution < 1.29 is 9.26 Å². The number of methoxy groups -OCH3 is 1. The molecule has 1 N–H and O–H groups in total. The standard InChI is InChI=1S/C16H12N4O2/c1-21-13-4-2-3-11(8-13)16-19-15(20-22-16)12-7-10-5-6-17-14(10)18-9-12/h2-9H,1H3,(H,17,18). The first kappa shape index (κ1) is 12.6. The van der Waals surface area contributed by atoms with Gasteiger partial charge in [-0.1, -0.05) is 11.2 Å². The number of hydrogen-bond acceptors (Lipinski definition) is 5. The SMILES string of the molecule is COc1cccc(-c2nc(-c3cnc4[nH]ccc4c3)no2)c1. The molecular weight excluding hydrogens is 280 g/mol. The molecule has 108 valence electrons. The molecule has 0 atom stereocenters. The summed E-state index contributed by atoms with van der Waals surface area (Å²) in [6.07, 6.45) is 3.57. The fourth-order valence-corrected chi connectivity index (χ4v) is 2.28. The van der Waals surface area contributed by atoms with E-state index in [1.54, 1.807) is 13.3 Å². The van der Waals surface area contributed by atoms with Crippen LogP contribution in [0.2, 0.25) is 0 Å². The fraction of sp³-hybridized carbons (Fsp3) is 0.0625. The van der Waals surface area contributed by atoms with E-state index in [0.29, 0.717) is 11.7 Å². The van der Waals surface area contributed by atoms with E-state index in [1.807, 2.05) is 42.6 Å². The summed E-state index contributed by atoms with van der Waals surface area (Å²) < 4.78 is 10.5. The lowest BCUT2D eigenvalue weighted by Crippen LogP contribution is -1.85. The van der Waals surface area contributed by atoms with Crippen LogP contribution < -0.4 is 4.74 Å². The highest BCUT2D eigenvalue weighted by Crippen LogP contribution is 2.25. The number of pyridine rings is 1. The third kappa shape index (κ3) is 2.10. The number of hydrogen-bond donors (Lipinski definition) is 1. The summed E-state index contributed by atoms with van der Waals surface area (Å²) >= 11 is 0. The lowest BCUT2D eigenvalue weighted by atomic mass is 10.2. The van der Waals surface area contributed by atoms with Crippen molar-refractivity contribution in [1.82, 2.24) is 20.1 Å². The number of benzene rings is 1. The van der Waals surface area contributed by atoms with E-state index in [2.05, 4.69) is 20.1 Å². The molecule has 6 heteroatoms. The van der Waals surface area contributed by atoms with Crippen molar-refractivity contribution in [2.24, 2.45) is 0 Å². The molecule has 22 heavy (non-hydrogen) atoms. The van der Waals surface area contributed by atoms with Gasteiger partial charge >= 0.3 is 0 Å². The summed E-state index contributed by atoms with van der Waals surface area (Å²) in [5.41, 5.74) is 2.46. The third-order valence-electron chi connectivity index (χ3n) is 3.40. The lowest BCUT2D eigenvalue weighted by Gasteiger charge is -1.99. The quantitative estimate of drug-likeness (QED) is 0.627. The summed E-state index contributed by atoms with van der Waals surface area (Å²) in [5, 5.41) is 5.04. The maximum Gasteiger partial charge on any atom is 0.258 e. The van der Waals surface area contributed by atoms with Crippen LogP contribution in [0.3, 0.4) is 0 Å². The summed E-state index contributed by atoms with van der Waals surface area (Å²) in [6.45, 7) is 0. The molecular formula is C16H12N4O2. The highest BCUT2D eigenvalue weighted by molar-refractivity contribution is 5.80. The Morgan fingerprint density at radius 1 is 1.14 bits per heavy atom. The molecule has 0 saturated heterocycles. The second-order valence-electron chi connectivity index (χ2n) is 4.79. The minimum Gasteiger partial charge on any atom is -0.497 e. The zero-order valence-corrected chi connectivity index (χ0v) is 11.8. The first-order valence-corrected chi connectivity index (χ1v) is 6.75. The summed E-state index contributed by atoms with van der Waals surface area (Å²) in [6, 6.07) is 11.4. The van der Waals surface area contributed by atoms with Gasteiger partial charge in [0, 0.05) is 28.9 Å². The van der Waals surface area contributed by atoms with Gasteiger partial charge in [-0.05, 0) is 30.3 Å². The smallest absolute Gasteiger partial charge is 0.258 e. The molecule has 0 spiro atoms. The van der Waals surface area contributed by atoms with Crippen LogP contribution in [0.4, 0.5) is 0 Å². The van der Waals surface area contributed by atoms with Crippen molar-refractivity contribution in [2.45, 2.75) is 0 Å². The Kier molecular flexibility index (Phi) is 2.86. The van der Waals surface area contributed by atoms with Crippen LogP contribution >= 0.6 is 0 Å². The van der Waals surface area contributed by atoms with E-state index in [0.717, 1.165) is 27.9 Å². The van der Waals surface area contributed by atoms with Crippen molar-refractivity contribution in [2.75, 3.05) is 7.11 Å². The Balaban J connectivity index is 1.73. The molecule has 1 aromatic carbocycles. The molecule has 3 aromatic heterocycles. The largest absolute Gasteiger partial charge is 0.497 e. The van der Waals surface area contributed by atoms with Gasteiger partial charge in [-0.3, -0.25) is 0 Å². The predicted octanol–water partition coefficient (Wildman–Crippen LogP) is 3.29. The maximum absolute atomic E-state index is 5.35. The maximum atomic E-state index is 5.35. The van der Waals surface area contributed by atoms with Crippen LogP contribution in [0.15, 0.2) is 53.3 Å². The number of fused-ring (bicyclic) bond motifs is 1. The van der Waals surface area contributed by atoms with Gasteiger partial charge in [-0.25, -0.2) is 4.98 Å². The molecule has 0 fully saturated rings. The van der Waals surface area contributed by atoms with Gasteiger partial charge in [0.05, 0.1) is 7.11 Å². The second-order valence-corrected chi connectivity index (χ2v) is 4.79. The second kappa shape index (κ2) is 5.00. The van der Waals surface area contributed by atoms with Crippen molar-refractivity contribution in [3.63, 3.8) is 0 Å². The third-order valence-corrected chi connectivity index (χ3v) is 3.40. The highest BCUT2D eigenvalue weighted by Gasteiger charge is 2.12. The zero-order chi connectivity index (χ0) is 14.9. The van der Waals surface area contributed by atoms with Gasteiger partial charge in [-0.2, -0.15) is 4.98 Å². The predicted molar refractivity (Wildman–Crippen MR) is 81.4 cm³/mol. The van der Waals surface area contributed by atoms with Crippen molar-refractivity contribution >= 4 is 11.0 Å². The van der Waals surface area contributed by atoms with Gasteiger partial charge in [0.25, 0.3) is 5.89 Å². The van der Waals surface area contributed by atoms with E-state index in [-0.39, 0.29) is 0 Å². The molecule has 0 radical (unpaired) electrons. The average molecular weight is 292 g/mol. The number of aromatic amines is 1. The van der Waals surface area contributed by atoms with Gasteiger partial charge in [0.15, 0.2) is 0 Å². The molecule has 0 bridgehead atoms. The number of aromatic nitrogens is 4. The van der Waals surface area contributed by atoms with Crippen molar-refractivity contribution in [3.8, 4) is 28.6 Å². The first-order chi connectivity index (χ1) is 10.8. The van der Waals surface area contributed by atoms with Crippen LogP contribution in [0, 0.1) is 0 Å². The Bertz CT molecular complexity index is 942. The molecule has 4 aromatic rings. The first-order valence-electron chi connectivity index (χ1n) is 6.75. The Morgan fingerprint density at radius 3 is 3.00 bits per heavy atom. The molecule has 6 nitrogen and oxygen atoms in total. The normalized spacial score (nSPS) is 11.0. The zero-order valence-electron chi connectivity index (χ0n) is 11.8. The number of H-pyrrole nitrogens is 1. The minimum absolute atomic E-state index is 0.447. The molecule has 0 aliphatic carbocycles. The van der Waals surface area contributed by atoms with Crippen molar-refractivity contribution in [3.05, 3.63) is 48.8 Å². The van der Waals surface area contributed by atoms with Crippen LogP contribution in [0.1, 0.15) is 0 Å². The van der Waals surface area contributed by atoms with Gasteiger partial charge in [0.2, 0.25) is 5.82 Å². The molecule has 0 amide bonds. The van der Waals surface area contributed by atoms with E-state index in [9.17, 15) is 0 Å². The van der Waals surface area contributed by atoms with E-state index < -0.39 is 0 Å². The lowest BCUT2D eigenvalue weighted by molar-refractivity contribution is 0.413. The monoisotopic (exact) mass is 292 g/mol. The van der Waals surface area contributed by atoms with Crippen LogP contribution in [-0.4, -0.2) is 27.2 Å². The molecule has 0 unspecified atom stereocenters. The summed E-state index contributed by atoms with van der Waals surface area (Å²) in [7, 11) is 1.62. The Hall–Kier alpha value is -3.15. The number of nitrogens with zero attached hydrogens (tertiary/aromatic N) is 3. The van der Waals surface area contributed by atoms with Crippen molar-refractivity contribution in [1.29, 1.82) is 0 Å². The summed E-state index contributed by atoms with van der Waals surface area (Å²) in [4.78, 5) is 11.8. The Labute approximate surface area is 125 Å². The van der Waals surface area contributed by atoms with E-state index in [4.69, 9.17) is 9.26 Å².